The number of H-pyrrole nitrogens is 1. The third-order valence-electron chi connectivity index (χ3n) is 4.73. The topological polar surface area (TPSA) is 112 Å². The van der Waals surface area contributed by atoms with E-state index >= 15 is 0 Å². The summed E-state index contributed by atoms with van der Waals surface area (Å²) in [7, 11) is 0. The summed E-state index contributed by atoms with van der Waals surface area (Å²) < 4.78 is 5.45. The number of piperazine rings is 1. The van der Waals surface area contributed by atoms with Gasteiger partial charge < -0.3 is 19.9 Å². The molecule has 1 aliphatic heterocycles. The number of rotatable bonds is 4. The highest BCUT2D eigenvalue weighted by atomic mass is 16.6. The lowest BCUT2D eigenvalue weighted by Crippen LogP contribution is -2.50. The van der Waals surface area contributed by atoms with Gasteiger partial charge in [-0.15, -0.1) is 0 Å². The molecule has 10 heteroatoms. The number of nitrogens with zero attached hydrogens (tertiary/aromatic N) is 6. The molecule has 2 aromatic heterocycles. The first-order valence-electron chi connectivity index (χ1n) is 10.2. The second-order valence-electron chi connectivity index (χ2n) is 8.25. The van der Waals surface area contributed by atoms with Crippen LogP contribution in [0.1, 0.15) is 20.8 Å². The number of carbonyl (C=O) groups excluding carboxylic acids is 1. The first kappa shape index (κ1) is 20.6. The summed E-state index contributed by atoms with van der Waals surface area (Å²) in [6, 6.07) is 9.69. The van der Waals surface area contributed by atoms with E-state index in [1.54, 1.807) is 17.3 Å². The average molecular weight is 422 g/mol. The van der Waals surface area contributed by atoms with Gasteiger partial charge in [0.2, 0.25) is 5.95 Å². The van der Waals surface area contributed by atoms with E-state index in [2.05, 4.69) is 35.6 Å². The van der Waals surface area contributed by atoms with Gasteiger partial charge in [0.1, 0.15) is 17.1 Å². The Hall–Kier alpha value is -3.69. The van der Waals surface area contributed by atoms with Crippen molar-refractivity contribution >= 4 is 23.5 Å². The number of hydrogen-bond acceptors (Lipinski definition) is 8. The molecule has 2 N–H and O–H groups in total. The Bertz CT molecular complexity index is 1010. The Kier molecular flexibility index (Phi) is 5.70. The van der Waals surface area contributed by atoms with Crippen molar-refractivity contribution in [1.82, 2.24) is 30.3 Å². The van der Waals surface area contributed by atoms with Crippen LogP contribution in [0.25, 0.3) is 11.3 Å². The fraction of sp³-hybridized carbons (Fsp3) is 0.381. The molecule has 1 aromatic carbocycles. The minimum atomic E-state index is -0.495. The predicted octanol–water partition coefficient (Wildman–Crippen LogP) is 3.06. The maximum atomic E-state index is 12.2. The molecule has 10 nitrogen and oxygen atoms in total. The van der Waals surface area contributed by atoms with Gasteiger partial charge in [0.15, 0.2) is 0 Å². The lowest BCUT2D eigenvalue weighted by atomic mass is 10.1. The van der Waals surface area contributed by atoms with Crippen molar-refractivity contribution in [3.8, 4) is 11.3 Å². The molecule has 0 aliphatic carbocycles. The van der Waals surface area contributed by atoms with Crippen molar-refractivity contribution < 1.29 is 9.53 Å². The molecule has 3 aromatic rings. The molecule has 1 amide bonds. The highest BCUT2D eigenvalue weighted by Crippen LogP contribution is 2.22. The molecule has 3 heterocycles. The van der Waals surface area contributed by atoms with Crippen molar-refractivity contribution in [3.63, 3.8) is 0 Å². The van der Waals surface area contributed by atoms with E-state index in [4.69, 9.17) is 4.74 Å². The van der Waals surface area contributed by atoms with Crippen molar-refractivity contribution in [1.29, 1.82) is 0 Å². The summed E-state index contributed by atoms with van der Waals surface area (Å²) in [5, 5.41) is 13.8. The molecule has 4 rings (SSSR count). The Labute approximate surface area is 180 Å². The van der Waals surface area contributed by atoms with Crippen LogP contribution in [0.4, 0.5) is 22.2 Å². The second kappa shape index (κ2) is 8.58. The SMILES string of the molecule is CC(C)(C)OC(=O)N1CCN(c2nccc(Nc3ccc(-c4cn[nH]n4)cc3)n2)CC1. The number of ether oxygens (including phenoxy) is 1. The number of carbonyl (C=O) groups is 1. The van der Waals surface area contributed by atoms with Crippen LogP contribution in [0.2, 0.25) is 0 Å². The van der Waals surface area contributed by atoms with E-state index in [1.807, 2.05) is 51.1 Å². The maximum Gasteiger partial charge on any atom is 0.410 e. The summed E-state index contributed by atoms with van der Waals surface area (Å²) in [5.41, 5.74) is 2.18. The average Bonchev–Trinajstić information content (AvgIpc) is 3.28. The van der Waals surface area contributed by atoms with E-state index in [0.717, 1.165) is 16.9 Å². The minimum Gasteiger partial charge on any atom is -0.444 e. The highest BCUT2D eigenvalue weighted by Gasteiger charge is 2.26. The largest absolute Gasteiger partial charge is 0.444 e. The van der Waals surface area contributed by atoms with Gasteiger partial charge in [-0.2, -0.15) is 20.4 Å². The van der Waals surface area contributed by atoms with Crippen LogP contribution in [-0.4, -0.2) is 68.2 Å². The molecule has 0 atom stereocenters. The van der Waals surface area contributed by atoms with Gasteiger partial charge in [0.05, 0.1) is 6.20 Å². The summed E-state index contributed by atoms with van der Waals surface area (Å²) in [4.78, 5) is 25.1. The Morgan fingerprint density at radius 2 is 1.84 bits per heavy atom. The molecule has 0 radical (unpaired) electrons. The van der Waals surface area contributed by atoms with Crippen LogP contribution in [-0.2, 0) is 4.74 Å². The first-order valence-corrected chi connectivity index (χ1v) is 10.2. The Morgan fingerprint density at radius 3 is 2.48 bits per heavy atom. The first-order chi connectivity index (χ1) is 14.9. The van der Waals surface area contributed by atoms with Crippen molar-refractivity contribution in [2.75, 3.05) is 36.4 Å². The van der Waals surface area contributed by atoms with Crippen LogP contribution >= 0.6 is 0 Å². The molecular formula is C21H26N8O2. The molecule has 1 aliphatic rings. The molecular weight excluding hydrogens is 396 g/mol. The minimum absolute atomic E-state index is 0.280. The molecule has 162 valence electrons. The fourth-order valence-electron chi connectivity index (χ4n) is 3.20. The highest BCUT2D eigenvalue weighted by molar-refractivity contribution is 5.68. The second-order valence-corrected chi connectivity index (χ2v) is 8.25. The van der Waals surface area contributed by atoms with Gasteiger partial charge in [-0.3, -0.25) is 0 Å². The normalized spacial score (nSPS) is 14.4. The van der Waals surface area contributed by atoms with Crippen LogP contribution in [0.5, 0.6) is 0 Å². The molecule has 0 spiro atoms. The fourth-order valence-corrected chi connectivity index (χ4v) is 3.20. The zero-order valence-electron chi connectivity index (χ0n) is 17.9. The molecule has 0 bridgehead atoms. The van der Waals surface area contributed by atoms with Gasteiger partial charge >= 0.3 is 6.09 Å². The maximum absolute atomic E-state index is 12.2. The lowest BCUT2D eigenvalue weighted by Gasteiger charge is -2.35. The Morgan fingerprint density at radius 1 is 1.10 bits per heavy atom. The van der Waals surface area contributed by atoms with Gasteiger partial charge in [0.25, 0.3) is 0 Å². The van der Waals surface area contributed by atoms with Crippen molar-refractivity contribution in [3.05, 3.63) is 42.7 Å². The third kappa shape index (κ3) is 5.27. The molecule has 1 saturated heterocycles. The zero-order valence-corrected chi connectivity index (χ0v) is 17.9. The van der Waals surface area contributed by atoms with Crippen LogP contribution in [0, 0.1) is 0 Å². The number of nitrogens with one attached hydrogen (secondary N) is 2. The van der Waals surface area contributed by atoms with Crippen molar-refractivity contribution in [2.45, 2.75) is 26.4 Å². The molecule has 1 fully saturated rings. The molecule has 0 saturated carbocycles. The lowest BCUT2D eigenvalue weighted by molar-refractivity contribution is 0.0240. The zero-order chi connectivity index (χ0) is 21.8. The van der Waals surface area contributed by atoms with Crippen molar-refractivity contribution in [2.24, 2.45) is 0 Å². The van der Waals surface area contributed by atoms with E-state index in [9.17, 15) is 4.79 Å². The number of amides is 1. The van der Waals surface area contributed by atoms with Gasteiger partial charge in [-0.1, -0.05) is 12.1 Å². The molecule has 0 unspecified atom stereocenters. The summed E-state index contributed by atoms with van der Waals surface area (Å²) in [5.74, 6) is 1.34. The number of benzene rings is 1. The number of hydrogen-bond donors (Lipinski definition) is 2. The third-order valence-corrected chi connectivity index (χ3v) is 4.73. The number of aromatic amines is 1. The molecule has 31 heavy (non-hydrogen) atoms. The van der Waals surface area contributed by atoms with Gasteiger partial charge in [-0.25, -0.2) is 9.78 Å². The van der Waals surface area contributed by atoms with E-state index in [-0.39, 0.29) is 6.09 Å². The van der Waals surface area contributed by atoms with Crippen LogP contribution in [0.3, 0.4) is 0 Å². The van der Waals surface area contributed by atoms with Gasteiger partial charge in [0, 0.05) is 43.6 Å². The van der Waals surface area contributed by atoms with Gasteiger partial charge in [-0.05, 0) is 39.0 Å². The van der Waals surface area contributed by atoms with E-state index in [0.29, 0.717) is 37.9 Å². The summed E-state index contributed by atoms with van der Waals surface area (Å²) >= 11 is 0. The standard InChI is InChI=1S/C21H26N8O2/c1-21(2,3)31-20(30)29-12-10-28(11-13-29)19-22-9-8-18(25-19)24-16-6-4-15(5-7-16)17-14-23-27-26-17/h4-9,14H,10-13H2,1-3H3,(H,22,24,25)(H,23,26,27). The van der Waals surface area contributed by atoms with E-state index < -0.39 is 5.60 Å². The monoisotopic (exact) mass is 422 g/mol. The smallest absolute Gasteiger partial charge is 0.410 e. The van der Waals surface area contributed by atoms with Crippen LogP contribution < -0.4 is 10.2 Å². The number of aromatic nitrogens is 5. The summed E-state index contributed by atoms with van der Waals surface area (Å²) in [6.45, 7) is 8.04. The quantitative estimate of drug-likeness (QED) is 0.660. The van der Waals surface area contributed by atoms with E-state index in [1.165, 1.54) is 0 Å². The summed E-state index contributed by atoms with van der Waals surface area (Å²) in [6.07, 6.45) is 3.13. The Balaban J connectivity index is 1.36. The van der Waals surface area contributed by atoms with Crippen LogP contribution in [0.15, 0.2) is 42.7 Å². The number of anilines is 3. The predicted molar refractivity (Wildman–Crippen MR) is 117 cm³/mol.